The molecule has 0 heterocycles. The summed E-state index contributed by atoms with van der Waals surface area (Å²) in [6, 6.07) is 0. The molecule has 0 N–H and O–H groups in total. The van der Waals surface area contributed by atoms with Gasteiger partial charge >= 0.3 is 0 Å². The molecule has 0 spiro atoms. The Morgan fingerprint density at radius 3 is 1.56 bits per heavy atom. The van der Waals surface area contributed by atoms with Crippen LogP contribution in [0.4, 0.5) is 0 Å². The molecular weight excluding hydrogens is 112 g/mol. The molecule has 9 heavy (non-hydrogen) atoms. The third kappa shape index (κ3) is 2.85. The normalized spacial score (nSPS) is 18.0. The van der Waals surface area contributed by atoms with E-state index >= 15 is 0 Å². The predicted octanol–water partition coefficient (Wildman–Crippen LogP) is 2.31. The average Bonchev–Trinajstić information content (AvgIpc) is 1.84. The van der Waals surface area contributed by atoms with Crippen LogP contribution in [0.1, 0.15) is 27.7 Å². The van der Waals surface area contributed by atoms with E-state index in [1.54, 1.807) is 7.11 Å². The fraction of sp³-hybridized carbons (Fsp3) is 1.00. The van der Waals surface area contributed by atoms with Crippen molar-refractivity contribution in [1.29, 1.82) is 0 Å². The van der Waals surface area contributed by atoms with Crippen molar-refractivity contribution in [2.24, 2.45) is 11.8 Å². The second-order valence-corrected chi connectivity index (χ2v) is 3.04. The second-order valence-electron chi connectivity index (χ2n) is 3.04. The first-order valence-corrected chi connectivity index (χ1v) is 3.62. The van der Waals surface area contributed by atoms with Crippen LogP contribution in [0.15, 0.2) is 0 Å². The topological polar surface area (TPSA) is 9.23 Å². The van der Waals surface area contributed by atoms with E-state index in [9.17, 15) is 0 Å². The molecule has 1 nitrogen and oxygen atoms in total. The zero-order valence-corrected chi connectivity index (χ0v) is 7.14. The minimum Gasteiger partial charge on any atom is -0.381 e. The maximum atomic E-state index is 5.17. The van der Waals surface area contributed by atoms with Crippen molar-refractivity contribution < 1.29 is 4.74 Å². The first-order valence-electron chi connectivity index (χ1n) is 3.62. The first kappa shape index (κ1) is 8.96. The molecule has 2 atom stereocenters. The quantitative estimate of drug-likeness (QED) is 0.569. The van der Waals surface area contributed by atoms with Gasteiger partial charge in [-0.2, -0.15) is 0 Å². The van der Waals surface area contributed by atoms with E-state index < -0.39 is 0 Å². The van der Waals surface area contributed by atoms with Crippen LogP contribution in [0.5, 0.6) is 0 Å². The molecule has 0 saturated heterocycles. The molecule has 0 amide bonds. The van der Waals surface area contributed by atoms with Crippen LogP contribution in [0.3, 0.4) is 0 Å². The smallest absolute Gasteiger partial charge is 0.0571 e. The number of ether oxygens (including phenoxy) is 1. The Morgan fingerprint density at radius 2 is 1.44 bits per heavy atom. The summed E-state index contributed by atoms with van der Waals surface area (Å²) in [5, 5.41) is 0. The van der Waals surface area contributed by atoms with E-state index in [-0.39, 0.29) is 0 Å². The lowest BCUT2D eigenvalue weighted by Crippen LogP contribution is -2.20. The molecule has 0 aromatic heterocycles. The third-order valence-electron chi connectivity index (χ3n) is 2.16. The summed E-state index contributed by atoms with van der Waals surface area (Å²) >= 11 is 0. The van der Waals surface area contributed by atoms with Crippen LogP contribution in [-0.2, 0) is 4.74 Å². The van der Waals surface area contributed by atoms with E-state index in [0.717, 1.165) is 5.92 Å². The van der Waals surface area contributed by atoms with Crippen LogP contribution >= 0.6 is 0 Å². The number of hydrogen-bond donors (Lipinski definition) is 0. The monoisotopic (exact) mass is 130 g/mol. The van der Waals surface area contributed by atoms with Crippen LogP contribution in [0.25, 0.3) is 0 Å². The molecule has 0 aliphatic carbocycles. The fourth-order valence-corrected chi connectivity index (χ4v) is 0.757. The summed E-state index contributed by atoms with van der Waals surface area (Å²) in [4.78, 5) is 0. The van der Waals surface area contributed by atoms with Crippen molar-refractivity contribution in [3.05, 3.63) is 0 Å². The van der Waals surface area contributed by atoms with Gasteiger partial charge in [0.15, 0.2) is 0 Å². The van der Waals surface area contributed by atoms with Gasteiger partial charge in [0.2, 0.25) is 0 Å². The Kier molecular flexibility index (Phi) is 3.87. The minimum atomic E-state index is 0.394. The lowest BCUT2D eigenvalue weighted by molar-refractivity contribution is 0.0556. The molecule has 56 valence electrons. The van der Waals surface area contributed by atoms with Crippen molar-refractivity contribution in [2.45, 2.75) is 33.8 Å². The Bertz CT molecular complexity index is 69.0. The summed E-state index contributed by atoms with van der Waals surface area (Å²) in [6.07, 6.45) is 0.394. The number of methoxy groups -OCH3 is 1. The van der Waals surface area contributed by atoms with Gasteiger partial charge in [0, 0.05) is 7.11 Å². The second kappa shape index (κ2) is 3.89. The van der Waals surface area contributed by atoms with Gasteiger partial charge in [-0.1, -0.05) is 20.8 Å². The van der Waals surface area contributed by atoms with E-state index in [1.807, 2.05) is 0 Å². The highest BCUT2D eigenvalue weighted by molar-refractivity contribution is 4.63. The van der Waals surface area contributed by atoms with Gasteiger partial charge in [-0.25, -0.2) is 0 Å². The van der Waals surface area contributed by atoms with Gasteiger partial charge in [-0.05, 0) is 18.8 Å². The van der Waals surface area contributed by atoms with Crippen molar-refractivity contribution >= 4 is 0 Å². The third-order valence-corrected chi connectivity index (χ3v) is 2.16. The molecule has 0 aliphatic rings. The lowest BCUT2D eigenvalue weighted by Gasteiger charge is -2.21. The molecule has 0 bridgehead atoms. The maximum absolute atomic E-state index is 5.17. The number of rotatable bonds is 3. The van der Waals surface area contributed by atoms with E-state index in [0.29, 0.717) is 12.0 Å². The van der Waals surface area contributed by atoms with Crippen molar-refractivity contribution in [3.63, 3.8) is 0 Å². The first-order chi connectivity index (χ1) is 4.09. The Labute approximate surface area is 58.4 Å². The van der Waals surface area contributed by atoms with E-state index in [1.165, 1.54) is 0 Å². The van der Waals surface area contributed by atoms with Crippen LogP contribution in [0, 0.1) is 11.8 Å². The van der Waals surface area contributed by atoms with Crippen LogP contribution in [-0.4, -0.2) is 13.2 Å². The van der Waals surface area contributed by atoms with Crippen molar-refractivity contribution in [2.75, 3.05) is 7.11 Å². The Balaban J connectivity index is 3.58. The van der Waals surface area contributed by atoms with E-state index in [2.05, 4.69) is 27.7 Å². The highest BCUT2D eigenvalue weighted by atomic mass is 16.5. The molecule has 0 aromatic carbocycles. The molecule has 0 aromatic rings. The lowest BCUT2D eigenvalue weighted by atomic mass is 9.93. The van der Waals surface area contributed by atoms with Gasteiger partial charge in [0.05, 0.1) is 6.10 Å². The van der Waals surface area contributed by atoms with Gasteiger partial charge in [0.1, 0.15) is 0 Å². The highest BCUT2D eigenvalue weighted by Gasteiger charge is 2.13. The Morgan fingerprint density at radius 1 is 1.00 bits per heavy atom. The summed E-state index contributed by atoms with van der Waals surface area (Å²) in [5.41, 5.74) is 0. The number of hydrogen-bond acceptors (Lipinski definition) is 1. The summed E-state index contributed by atoms with van der Waals surface area (Å²) < 4.78 is 5.17. The zero-order chi connectivity index (χ0) is 7.44. The molecule has 0 aliphatic heterocycles. The largest absolute Gasteiger partial charge is 0.381 e. The van der Waals surface area contributed by atoms with E-state index in [4.69, 9.17) is 4.74 Å². The molecular formula is C8H18O. The van der Waals surface area contributed by atoms with Gasteiger partial charge in [0.25, 0.3) is 0 Å². The standard InChI is InChI=1S/C8H18O/c1-6(2)7(3)8(4)9-5/h6-8H,1-5H3/t7?,8-/m1/s1. The van der Waals surface area contributed by atoms with Gasteiger partial charge in [-0.15, -0.1) is 0 Å². The van der Waals surface area contributed by atoms with Crippen LogP contribution < -0.4 is 0 Å². The fourth-order valence-electron chi connectivity index (χ4n) is 0.757. The molecule has 1 unspecified atom stereocenters. The van der Waals surface area contributed by atoms with Crippen molar-refractivity contribution in [1.82, 2.24) is 0 Å². The maximum Gasteiger partial charge on any atom is 0.0571 e. The summed E-state index contributed by atoms with van der Waals surface area (Å²) in [7, 11) is 1.77. The van der Waals surface area contributed by atoms with Gasteiger partial charge < -0.3 is 4.74 Å². The zero-order valence-electron chi connectivity index (χ0n) is 7.14. The SMILES string of the molecule is CO[C@H](C)C(C)C(C)C. The molecule has 1 heteroatoms. The summed E-state index contributed by atoms with van der Waals surface area (Å²) in [5.74, 6) is 1.38. The van der Waals surface area contributed by atoms with Crippen molar-refractivity contribution in [3.8, 4) is 0 Å². The molecule has 0 radical (unpaired) electrons. The Hall–Kier alpha value is -0.0400. The highest BCUT2D eigenvalue weighted by Crippen LogP contribution is 2.15. The van der Waals surface area contributed by atoms with Crippen LogP contribution in [0.2, 0.25) is 0 Å². The predicted molar refractivity (Wildman–Crippen MR) is 40.5 cm³/mol. The summed E-state index contributed by atoms with van der Waals surface area (Å²) in [6.45, 7) is 8.78. The average molecular weight is 130 g/mol. The minimum absolute atomic E-state index is 0.394. The molecule has 0 saturated carbocycles. The molecule has 0 fully saturated rings. The molecule has 0 rings (SSSR count). The van der Waals surface area contributed by atoms with Gasteiger partial charge in [-0.3, -0.25) is 0 Å².